The first-order chi connectivity index (χ1) is 12.1. The van der Waals surface area contributed by atoms with Crippen LogP contribution in [-0.4, -0.2) is 30.5 Å². The Hall–Kier alpha value is -1.92. The lowest BCUT2D eigenvalue weighted by Crippen LogP contribution is -2.26. The number of rotatable bonds is 9. The monoisotopic (exact) mass is 380 g/mol. The van der Waals surface area contributed by atoms with Gasteiger partial charge in [0, 0.05) is 23.9 Å². The number of nitrogens with one attached hydrogen (secondary N) is 1. The fourth-order valence-electron chi connectivity index (χ4n) is 2.27. The SMILES string of the molecule is COC(=O)CCCCCNC(=O)Cc1csc(-c2ccccc2Cl)n1. The van der Waals surface area contributed by atoms with E-state index in [2.05, 4.69) is 15.0 Å². The van der Waals surface area contributed by atoms with Crippen molar-refractivity contribution in [3.63, 3.8) is 0 Å². The average Bonchev–Trinajstić information content (AvgIpc) is 3.06. The summed E-state index contributed by atoms with van der Waals surface area (Å²) in [5.74, 6) is -0.245. The van der Waals surface area contributed by atoms with Crippen LogP contribution in [0.2, 0.25) is 5.02 Å². The lowest BCUT2D eigenvalue weighted by molar-refractivity contribution is -0.140. The lowest BCUT2D eigenvalue weighted by atomic mass is 10.2. The molecule has 1 aromatic carbocycles. The highest BCUT2D eigenvalue weighted by molar-refractivity contribution is 7.13. The Morgan fingerprint density at radius 1 is 1.24 bits per heavy atom. The molecule has 25 heavy (non-hydrogen) atoms. The molecular weight excluding hydrogens is 360 g/mol. The van der Waals surface area contributed by atoms with E-state index in [9.17, 15) is 9.59 Å². The summed E-state index contributed by atoms with van der Waals surface area (Å²) in [7, 11) is 1.39. The van der Waals surface area contributed by atoms with Gasteiger partial charge in [0.2, 0.25) is 5.91 Å². The fourth-order valence-corrected chi connectivity index (χ4v) is 3.41. The smallest absolute Gasteiger partial charge is 0.305 e. The summed E-state index contributed by atoms with van der Waals surface area (Å²) < 4.78 is 4.58. The van der Waals surface area contributed by atoms with E-state index in [4.69, 9.17) is 11.6 Å². The maximum atomic E-state index is 12.0. The molecule has 0 bridgehead atoms. The molecule has 0 spiro atoms. The summed E-state index contributed by atoms with van der Waals surface area (Å²) in [6.07, 6.45) is 3.17. The van der Waals surface area contributed by atoms with E-state index in [-0.39, 0.29) is 18.3 Å². The molecule has 1 amide bonds. The fraction of sp³-hybridized carbons (Fsp3) is 0.389. The summed E-state index contributed by atoms with van der Waals surface area (Å²) in [5, 5.41) is 6.23. The van der Waals surface area contributed by atoms with Gasteiger partial charge < -0.3 is 10.1 Å². The molecule has 1 N–H and O–H groups in total. The van der Waals surface area contributed by atoms with Gasteiger partial charge in [-0.1, -0.05) is 36.2 Å². The minimum atomic E-state index is -0.193. The molecule has 0 fully saturated rings. The summed E-state index contributed by atoms with van der Waals surface area (Å²) in [4.78, 5) is 27.4. The summed E-state index contributed by atoms with van der Waals surface area (Å²) >= 11 is 7.65. The zero-order valence-corrected chi connectivity index (χ0v) is 15.7. The quantitative estimate of drug-likeness (QED) is 0.530. The van der Waals surface area contributed by atoms with Crippen molar-refractivity contribution >= 4 is 34.8 Å². The molecule has 0 aliphatic heterocycles. The first-order valence-corrected chi connectivity index (χ1v) is 9.38. The van der Waals surface area contributed by atoms with Gasteiger partial charge in [-0.3, -0.25) is 9.59 Å². The molecular formula is C18H21ClN2O3S. The molecule has 1 aromatic heterocycles. The number of aromatic nitrogens is 1. The van der Waals surface area contributed by atoms with E-state index < -0.39 is 0 Å². The maximum absolute atomic E-state index is 12.0. The van der Waals surface area contributed by atoms with Crippen molar-refractivity contribution in [1.82, 2.24) is 10.3 Å². The Balaban J connectivity index is 1.71. The van der Waals surface area contributed by atoms with Crippen LogP contribution in [0.3, 0.4) is 0 Å². The summed E-state index contributed by atoms with van der Waals surface area (Å²) in [6.45, 7) is 0.599. The van der Waals surface area contributed by atoms with Crippen molar-refractivity contribution in [2.45, 2.75) is 32.1 Å². The highest BCUT2D eigenvalue weighted by Crippen LogP contribution is 2.30. The second kappa shape index (κ2) is 10.2. The average molecular weight is 381 g/mol. The van der Waals surface area contributed by atoms with Crippen molar-refractivity contribution in [2.75, 3.05) is 13.7 Å². The van der Waals surface area contributed by atoms with E-state index in [1.54, 1.807) is 0 Å². The van der Waals surface area contributed by atoms with Crippen molar-refractivity contribution in [1.29, 1.82) is 0 Å². The van der Waals surface area contributed by atoms with E-state index in [1.807, 2.05) is 29.6 Å². The van der Waals surface area contributed by atoms with Crippen LogP contribution in [0, 0.1) is 0 Å². The minimum absolute atomic E-state index is 0.0519. The van der Waals surface area contributed by atoms with Crippen molar-refractivity contribution < 1.29 is 14.3 Å². The molecule has 134 valence electrons. The number of halogens is 1. The highest BCUT2D eigenvalue weighted by Gasteiger charge is 2.10. The number of nitrogens with zero attached hydrogens (tertiary/aromatic N) is 1. The second-order valence-corrected chi connectivity index (χ2v) is 6.80. The number of thiazole rings is 1. The Bertz CT molecular complexity index is 718. The van der Waals surface area contributed by atoms with Crippen LogP contribution in [0.4, 0.5) is 0 Å². The van der Waals surface area contributed by atoms with Crippen LogP contribution in [0.25, 0.3) is 10.6 Å². The largest absolute Gasteiger partial charge is 0.469 e. The van der Waals surface area contributed by atoms with Gasteiger partial charge in [-0.05, 0) is 18.9 Å². The Morgan fingerprint density at radius 2 is 2.04 bits per heavy atom. The van der Waals surface area contributed by atoms with Gasteiger partial charge in [-0.25, -0.2) is 4.98 Å². The predicted octanol–water partition coefficient (Wildman–Crippen LogP) is 3.86. The molecule has 1 heterocycles. The van der Waals surface area contributed by atoms with Crippen LogP contribution in [-0.2, 0) is 20.7 Å². The van der Waals surface area contributed by atoms with Crippen molar-refractivity contribution in [3.8, 4) is 10.6 Å². The van der Waals surface area contributed by atoms with Crippen LogP contribution in [0.1, 0.15) is 31.4 Å². The molecule has 0 unspecified atom stereocenters. The van der Waals surface area contributed by atoms with Gasteiger partial charge in [0.05, 0.1) is 24.2 Å². The molecule has 0 aliphatic carbocycles. The summed E-state index contributed by atoms with van der Waals surface area (Å²) in [5.41, 5.74) is 1.62. The number of hydrogen-bond donors (Lipinski definition) is 1. The number of benzene rings is 1. The number of amides is 1. The Labute approximate surface area is 156 Å². The number of hydrogen-bond acceptors (Lipinski definition) is 5. The third kappa shape index (κ3) is 6.48. The number of unbranched alkanes of at least 4 members (excludes halogenated alkanes) is 2. The molecule has 2 aromatic rings. The molecule has 2 rings (SSSR count). The minimum Gasteiger partial charge on any atom is -0.469 e. The lowest BCUT2D eigenvalue weighted by Gasteiger charge is -2.04. The molecule has 0 aliphatic rings. The first-order valence-electron chi connectivity index (χ1n) is 8.13. The van der Waals surface area contributed by atoms with Gasteiger partial charge in [-0.15, -0.1) is 11.3 Å². The van der Waals surface area contributed by atoms with E-state index in [0.29, 0.717) is 18.0 Å². The van der Waals surface area contributed by atoms with E-state index in [1.165, 1.54) is 18.4 Å². The van der Waals surface area contributed by atoms with Crippen molar-refractivity contribution in [2.24, 2.45) is 0 Å². The summed E-state index contributed by atoms with van der Waals surface area (Å²) in [6, 6.07) is 7.53. The zero-order valence-electron chi connectivity index (χ0n) is 14.1. The van der Waals surface area contributed by atoms with E-state index >= 15 is 0 Å². The normalized spacial score (nSPS) is 10.5. The van der Waals surface area contributed by atoms with E-state index in [0.717, 1.165) is 35.5 Å². The molecule has 0 saturated carbocycles. The predicted molar refractivity (Wildman–Crippen MR) is 99.8 cm³/mol. The molecule has 0 saturated heterocycles. The Kier molecular flexibility index (Phi) is 7.88. The van der Waals surface area contributed by atoms with Crippen LogP contribution >= 0.6 is 22.9 Å². The number of esters is 1. The van der Waals surface area contributed by atoms with Crippen LogP contribution in [0.5, 0.6) is 0 Å². The van der Waals surface area contributed by atoms with Gasteiger partial charge >= 0.3 is 5.97 Å². The van der Waals surface area contributed by atoms with Gasteiger partial charge in [-0.2, -0.15) is 0 Å². The Morgan fingerprint density at radius 3 is 2.80 bits per heavy atom. The molecule has 7 heteroatoms. The number of ether oxygens (including phenoxy) is 1. The number of carbonyl (C=O) groups excluding carboxylic acids is 2. The van der Waals surface area contributed by atoms with Crippen LogP contribution < -0.4 is 5.32 Å². The van der Waals surface area contributed by atoms with Gasteiger partial charge in [0.1, 0.15) is 5.01 Å². The third-order valence-electron chi connectivity index (χ3n) is 3.61. The third-order valence-corrected chi connectivity index (χ3v) is 4.86. The van der Waals surface area contributed by atoms with Gasteiger partial charge in [0.25, 0.3) is 0 Å². The van der Waals surface area contributed by atoms with Crippen LogP contribution in [0.15, 0.2) is 29.6 Å². The number of carbonyl (C=O) groups is 2. The zero-order chi connectivity index (χ0) is 18.1. The first kappa shape index (κ1) is 19.4. The second-order valence-electron chi connectivity index (χ2n) is 5.54. The molecule has 0 radical (unpaired) electrons. The molecule has 5 nitrogen and oxygen atoms in total. The van der Waals surface area contributed by atoms with Crippen molar-refractivity contribution in [3.05, 3.63) is 40.4 Å². The molecule has 0 atom stereocenters. The topological polar surface area (TPSA) is 68.3 Å². The highest BCUT2D eigenvalue weighted by atomic mass is 35.5. The standard InChI is InChI=1S/C18H21ClN2O3S/c1-24-17(23)9-3-2-6-10-20-16(22)11-13-12-25-18(21-13)14-7-4-5-8-15(14)19/h4-5,7-8,12H,2-3,6,9-11H2,1H3,(H,20,22). The number of methoxy groups -OCH3 is 1. The maximum Gasteiger partial charge on any atom is 0.305 e. The van der Waals surface area contributed by atoms with Gasteiger partial charge in [0.15, 0.2) is 0 Å².